The van der Waals surface area contributed by atoms with Crippen molar-refractivity contribution in [3.05, 3.63) is 78.6 Å². The van der Waals surface area contributed by atoms with Crippen molar-refractivity contribution in [2.45, 2.75) is 6.92 Å². The number of pyridine rings is 2. The first kappa shape index (κ1) is 21.7. The number of halogens is 1. The van der Waals surface area contributed by atoms with Crippen molar-refractivity contribution in [1.82, 2.24) is 0 Å². The highest BCUT2D eigenvalue weighted by atomic mass is 35.5. The van der Waals surface area contributed by atoms with Gasteiger partial charge in [0.15, 0.2) is 23.9 Å². The Morgan fingerprint density at radius 3 is 1.94 bits per heavy atom. The molecule has 5 heteroatoms. The third-order valence-corrected chi connectivity index (χ3v) is 5.86. The summed E-state index contributed by atoms with van der Waals surface area (Å²) in [6.07, 6.45) is 4.21. The first-order valence-corrected chi connectivity index (χ1v) is 10.2. The third kappa shape index (κ3) is 3.57. The molecule has 162 valence electrons. The summed E-state index contributed by atoms with van der Waals surface area (Å²) in [6.45, 7) is 2.10. The fourth-order valence-electron chi connectivity index (χ4n) is 4.17. The van der Waals surface area contributed by atoms with Gasteiger partial charge in [-0.15, -0.1) is 0 Å². The smallest absolute Gasteiger partial charge is 0.219 e. The molecule has 0 atom stereocenters. The Labute approximate surface area is 193 Å². The highest BCUT2D eigenvalue weighted by Gasteiger charge is 2.16. The molecule has 5 aromatic rings. The van der Waals surface area contributed by atoms with Gasteiger partial charge >= 0.3 is 0 Å². The van der Waals surface area contributed by atoms with Gasteiger partial charge in [0, 0.05) is 17.7 Å². The van der Waals surface area contributed by atoms with Crippen molar-refractivity contribution in [1.29, 1.82) is 0 Å². The first-order chi connectivity index (χ1) is 15.1. The predicted octanol–water partition coefficient (Wildman–Crippen LogP) is 2.74. The van der Waals surface area contributed by atoms with E-state index in [9.17, 15) is 0 Å². The highest BCUT2D eigenvalue weighted by molar-refractivity contribution is 6.01. The van der Waals surface area contributed by atoms with Crippen LogP contribution < -0.4 is 31.0 Å². The predicted molar refractivity (Wildman–Crippen MR) is 124 cm³/mol. The van der Waals surface area contributed by atoms with Crippen LogP contribution in [-0.4, -0.2) is 21.3 Å². The van der Waals surface area contributed by atoms with Gasteiger partial charge in [0.2, 0.25) is 5.52 Å². The van der Waals surface area contributed by atoms with E-state index < -0.39 is 0 Å². The molecule has 0 bridgehead atoms. The van der Waals surface area contributed by atoms with Gasteiger partial charge in [0.1, 0.15) is 5.75 Å². The van der Waals surface area contributed by atoms with Gasteiger partial charge < -0.3 is 26.6 Å². The van der Waals surface area contributed by atoms with E-state index in [0.29, 0.717) is 0 Å². The summed E-state index contributed by atoms with van der Waals surface area (Å²) in [5.74, 6) is 2.32. The Bertz CT molecular complexity index is 1450. The standard InChI is InChI=1S/C27H24NO3.ClH/c1-17-5-7-18(8-6-17)23-15-22-19(12-25(23)29-2)9-10-28-16-21-14-27(31-4)26(30-3)13-20(21)11-24(22)28;/h5-16H,1-4H3;1H/q+1;/p-1. The molecule has 0 saturated heterocycles. The molecule has 0 saturated carbocycles. The molecule has 32 heavy (non-hydrogen) atoms. The fraction of sp³-hybridized carbons (Fsp3) is 0.148. The number of rotatable bonds is 4. The second-order valence-electron chi connectivity index (χ2n) is 7.72. The number of methoxy groups -OCH3 is 3. The van der Waals surface area contributed by atoms with Gasteiger partial charge in [-0.3, -0.25) is 0 Å². The number of nitrogens with zero attached hydrogens (tertiary/aromatic N) is 1. The molecular formula is C27H24ClNO3. The van der Waals surface area contributed by atoms with Crippen LogP contribution in [0.1, 0.15) is 5.56 Å². The lowest BCUT2D eigenvalue weighted by Gasteiger charge is -2.12. The summed E-state index contributed by atoms with van der Waals surface area (Å²) in [6, 6.07) is 21.2. The monoisotopic (exact) mass is 445 g/mol. The fourth-order valence-corrected chi connectivity index (χ4v) is 4.17. The lowest BCUT2D eigenvalue weighted by atomic mass is 9.98. The van der Waals surface area contributed by atoms with Crippen LogP contribution in [0.2, 0.25) is 0 Å². The van der Waals surface area contributed by atoms with Gasteiger partial charge in [-0.1, -0.05) is 29.8 Å². The molecule has 3 aromatic carbocycles. The summed E-state index contributed by atoms with van der Waals surface area (Å²) in [7, 11) is 5.04. The largest absolute Gasteiger partial charge is 1.00 e. The van der Waals surface area contributed by atoms with Crippen molar-refractivity contribution in [2.24, 2.45) is 0 Å². The average molecular weight is 446 g/mol. The van der Waals surface area contributed by atoms with Crippen LogP contribution >= 0.6 is 0 Å². The van der Waals surface area contributed by atoms with Crippen LogP contribution in [-0.2, 0) is 0 Å². The van der Waals surface area contributed by atoms with Gasteiger partial charge in [0.05, 0.1) is 32.1 Å². The summed E-state index contributed by atoms with van der Waals surface area (Å²) in [5.41, 5.74) is 4.57. The molecule has 0 aliphatic heterocycles. The van der Waals surface area contributed by atoms with Gasteiger partial charge in [-0.05, 0) is 47.5 Å². The summed E-state index contributed by atoms with van der Waals surface area (Å²) in [4.78, 5) is 0. The zero-order chi connectivity index (χ0) is 21.5. The Morgan fingerprint density at radius 2 is 1.28 bits per heavy atom. The zero-order valence-electron chi connectivity index (χ0n) is 18.5. The molecule has 0 aliphatic rings. The molecule has 4 nitrogen and oxygen atoms in total. The number of ether oxygens (including phenoxy) is 3. The number of hydrogen-bond acceptors (Lipinski definition) is 3. The lowest BCUT2D eigenvalue weighted by molar-refractivity contribution is -0.509. The van der Waals surface area contributed by atoms with Crippen molar-refractivity contribution in [2.75, 3.05) is 21.3 Å². The number of fused-ring (bicyclic) bond motifs is 4. The second-order valence-corrected chi connectivity index (χ2v) is 7.72. The van der Waals surface area contributed by atoms with E-state index >= 15 is 0 Å². The Morgan fingerprint density at radius 1 is 0.656 bits per heavy atom. The van der Waals surface area contributed by atoms with E-state index in [1.807, 2.05) is 12.1 Å². The summed E-state index contributed by atoms with van der Waals surface area (Å²) in [5, 5.41) is 4.47. The highest BCUT2D eigenvalue weighted by Crippen LogP contribution is 2.36. The van der Waals surface area contributed by atoms with E-state index in [0.717, 1.165) is 55.4 Å². The maximum atomic E-state index is 5.74. The minimum atomic E-state index is 0. The van der Waals surface area contributed by atoms with E-state index in [-0.39, 0.29) is 12.4 Å². The quantitative estimate of drug-likeness (QED) is 0.242. The van der Waals surface area contributed by atoms with Gasteiger partial charge in [-0.2, -0.15) is 4.40 Å². The molecule has 2 heterocycles. The molecule has 0 fully saturated rings. The average Bonchev–Trinajstić information content (AvgIpc) is 2.81. The SMILES string of the molecule is COc1cc2cc3c4cc(-c5ccc(C)cc5)c(OC)cc4cc[n+]3cc2cc1OC.[Cl-]. The number of aromatic nitrogens is 1. The van der Waals surface area contributed by atoms with E-state index in [2.05, 4.69) is 72.2 Å². The topological polar surface area (TPSA) is 31.8 Å². The van der Waals surface area contributed by atoms with Crippen LogP contribution in [0.4, 0.5) is 0 Å². The van der Waals surface area contributed by atoms with E-state index in [4.69, 9.17) is 14.2 Å². The second kappa shape index (κ2) is 8.56. The molecule has 0 N–H and O–H groups in total. The van der Waals surface area contributed by atoms with Crippen molar-refractivity contribution < 1.29 is 31.0 Å². The molecule has 2 aromatic heterocycles. The minimum Gasteiger partial charge on any atom is -1.00 e. The third-order valence-electron chi connectivity index (χ3n) is 5.86. The molecule has 5 rings (SSSR count). The summed E-state index contributed by atoms with van der Waals surface area (Å²) >= 11 is 0. The van der Waals surface area contributed by atoms with Crippen LogP contribution in [0.3, 0.4) is 0 Å². The Balaban J connectivity index is 0.00000245. The van der Waals surface area contributed by atoms with Crippen molar-refractivity contribution in [3.8, 4) is 28.4 Å². The summed E-state index contributed by atoms with van der Waals surface area (Å²) < 4.78 is 18.9. The van der Waals surface area contributed by atoms with Crippen LogP contribution in [0.25, 0.3) is 38.2 Å². The molecular weight excluding hydrogens is 422 g/mol. The van der Waals surface area contributed by atoms with Gasteiger partial charge in [0.25, 0.3) is 0 Å². The van der Waals surface area contributed by atoms with Crippen LogP contribution in [0.5, 0.6) is 17.2 Å². The number of aryl methyl sites for hydroxylation is 1. The molecule has 0 spiro atoms. The van der Waals surface area contributed by atoms with E-state index in [1.165, 1.54) is 5.56 Å². The van der Waals surface area contributed by atoms with Crippen molar-refractivity contribution >= 4 is 27.1 Å². The molecule has 0 amide bonds. The normalized spacial score (nSPS) is 10.9. The minimum absolute atomic E-state index is 0. The molecule has 0 radical (unpaired) electrons. The maximum Gasteiger partial charge on any atom is 0.219 e. The molecule has 0 aliphatic carbocycles. The number of benzene rings is 3. The Kier molecular flexibility index (Phi) is 5.81. The van der Waals surface area contributed by atoms with Crippen molar-refractivity contribution in [3.63, 3.8) is 0 Å². The Hall–Kier alpha value is -3.50. The van der Waals surface area contributed by atoms with E-state index in [1.54, 1.807) is 21.3 Å². The maximum absolute atomic E-state index is 5.74. The van der Waals surface area contributed by atoms with Crippen LogP contribution in [0, 0.1) is 6.92 Å². The lowest BCUT2D eigenvalue weighted by Crippen LogP contribution is -3.00. The number of hydrogen-bond donors (Lipinski definition) is 0. The zero-order valence-corrected chi connectivity index (χ0v) is 19.2. The van der Waals surface area contributed by atoms with Gasteiger partial charge in [-0.25, -0.2) is 0 Å². The molecule has 0 unspecified atom stereocenters. The first-order valence-electron chi connectivity index (χ1n) is 10.2. The van der Waals surface area contributed by atoms with Crippen LogP contribution in [0.15, 0.2) is 73.1 Å².